The number of nitrogens with zero attached hydrogens (tertiary/aromatic N) is 6. The Kier molecular flexibility index (Phi) is 4.71. The van der Waals surface area contributed by atoms with Crippen molar-refractivity contribution in [1.29, 1.82) is 0 Å². The fourth-order valence-corrected chi connectivity index (χ4v) is 3.91. The van der Waals surface area contributed by atoms with Crippen LogP contribution in [0.15, 0.2) is 61.2 Å². The van der Waals surface area contributed by atoms with Gasteiger partial charge in [-0.3, -0.25) is 14.8 Å². The number of amides is 1. The minimum Gasteiger partial charge on any atom is -0.337 e. The normalized spacial score (nSPS) is 16.7. The number of aryl methyl sites for hydroxylation is 1. The summed E-state index contributed by atoms with van der Waals surface area (Å²) in [6.07, 6.45) is 9.21. The molecule has 0 aliphatic carbocycles. The number of hydrogen-bond acceptors (Lipinski definition) is 5. The highest BCUT2D eigenvalue weighted by Crippen LogP contribution is 2.27. The molecule has 7 nitrogen and oxygen atoms in total. The van der Waals surface area contributed by atoms with E-state index in [1.54, 1.807) is 18.5 Å². The van der Waals surface area contributed by atoms with Gasteiger partial charge in [-0.25, -0.2) is 9.50 Å². The van der Waals surface area contributed by atoms with Gasteiger partial charge in [0.05, 0.1) is 0 Å². The Bertz CT molecular complexity index is 1190. The minimum atomic E-state index is -0.0256. The molecule has 4 aromatic rings. The molecular weight excluding hydrogens is 376 g/mol. The third-order valence-corrected chi connectivity index (χ3v) is 5.55. The van der Waals surface area contributed by atoms with Gasteiger partial charge < -0.3 is 4.90 Å². The number of piperidine rings is 1. The molecule has 150 valence electrons. The lowest BCUT2D eigenvalue weighted by atomic mass is 9.97. The van der Waals surface area contributed by atoms with Gasteiger partial charge in [0.1, 0.15) is 5.69 Å². The van der Waals surface area contributed by atoms with Crippen LogP contribution in [0.25, 0.3) is 16.8 Å². The number of carbonyl (C=O) groups excluding carboxylic acids is 1. The van der Waals surface area contributed by atoms with E-state index in [0.29, 0.717) is 12.2 Å². The van der Waals surface area contributed by atoms with E-state index >= 15 is 0 Å². The van der Waals surface area contributed by atoms with Crippen molar-refractivity contribution in [3.05, 3.63) is 78.3 Å². The molecule has 0 aromatic carbocycles. The van der Waals surface area contributed by atoms with Crippen LogP contribution >= 0.6 is 0 Å². The highest BCUT2D eigenvalue weighted by Gasteiger charge is 2.28. The Balaban J connectivity index is 1.38. The predicted molar refractivity (Wildman–Crippen MR) is 113 cm³/mol. The number of hydrogen-bond donors (Lipinski definition) is 0. The predicted octanol–water partition coefficient (Wildman–Crippen LogP) is 3.51. The van der Waals surface area contributed by atoms with Crippen molar-refractivity contribution in [3.8, 4) is 11.1 Å². The summed E-state index contributed by atoms with van der Waals surface area (Å²) in [7, 11) is 0. The minimum absolute atomic E-state index is 0.0256. The first kappa shape index (κ1) is 18.4. The molecule has 0 bridgehead atoms. The molecule has 4 aromatic heterocycles. The van der Waals surface area contributed by atoms with Crippen LogP contribution in [0.3, 0.4) is 0 Å². The molecule has 30 heavy (non-hydrogen) atoms. The van der Waals surface area contributed by atoms with E-state index in [2.05, 4.69) is 9.97 Å². The molecule has 1 aliphatic rings. The van der Waals surface area contributed by atoms with Crippen molar-refractivity contribution < 1.29 is 4.79 Å². The van der Waals surface area contributed by atoms with Gasteiger partial charge in [0.15, 0.2) is 11.5 Å². The molecule has 1 atom stereocenters. The monoisotopic (exact) mass is 398 g/mol. The lowest BCUT2D eigenvalue weighted by Crippen LogP contribution is -2.39. The number of fused-ring (bicyclic) bond motifs is 1. The van der Waals surface area contributed by atoms with Crippen LogP contribution in [0, 0.1) is 6.92 Å². The molecule has 7 heteroatoms. The van der Waals surface area contributed by atoms with Crippen LogP contribution in [0.5, 0.6) is 0 Å². The fourth-order valence-electron chi connectivity index (χ4n) is 3.91. The Morgan fingerprint density at radius 2 is 2.03 bits per heavy atom. The van der Waals surface area contributed by atoms with E-state index in [-0.39, 0.29) is 11.8 Å². The first-order valence-corrected chi connectivity index (χ1v) is 10.2. The van der Waals surface area contributed by atoms with Gasteiger partial charge in [-0.1, -0.05) is 12.1 Å². The third kappa shape index (κ3) is 3.54. The summed E-state index contributed by atoms with van der Waals surface area (Å²) >= 11 is 0. The van der Waals surface area contributed by atoms with Gasteiger partial charge in [0, 0.05) is 54.9 Å². The zero-order chi connectivity index (χ0) is 20.5. The van der Waals surface area contributed by atoms with Crippen LogP contribution in [0.4, 0.5) is 0 Å². The number of carbonyl (C=O) groups is 1. The fraction of sp³-hybridized carbons (Fsp3) is 0.261. The SMILES string of the molecule is Cc1ccc(C(=O)N2CCC[C@@H](c3nc4ccc(-c5cccnc5)cn4n3)C2)nc1. The Morgan fingerprint density at radius 1 is 1.10 bits per heavy atom. The largest absolute Gasteiger partial charge is 0.337 e. The topological polar surface area (TPSA) is 76.3 Å². The molecular formula is C23H22N6O. The summed E-state index contributed by atoms with van der Waals surface area (Å²) in [5, 5.41) is 4.73. The van der Waals surface area contributed by atoms with E-state index in [1.165, 1.54) is 0 Å². The summed E-state index contributed by atoms with van der Waals surface area (Å²) in [4.78, 5) is 28.0. The number of pyridine rings is 3. The maximum absolute atomic E-state index is 12.9. The van der Waals surface area contributed by atoms with Crippen molar-refractivity contribution in [2.75, 3.05) is 13.1 Å². The first-order chi connectivity index (χ1) is 14.7. The second-order valence-corrected chi connectivity index (χ2v) is 7.74. The zero-order valence-electron chi connectivity index (χ0n) is 16.8. The maximum atomic E-state index is 12.9. The molecule has 1 aliphatic heterocycles. The molecule has 5 rings (SSSR count). The molecule has 0 unspecified atom stereocenters. The van der Waals surface area contributed by atoms with E-state index in [4.69, 9.17) is 10.1 Å². The summed E-state index contributed by atoms with van der Waals surface area (Å²) in [5.41, 5.74) is 4.42. The molecule has 1 amide bonds. The van der Waals surface area contributed by atoms with Gasteiger partial charge in [-0.2, -0.15) is 5.10 Å². The third-order valence-electron chi connectivity index (χ3n) is 5.55. The highest BCUT2D eigenvalue weighted by molar-refractivity contribution is 5.92. The number of likely N-dealkylation sites (tertiary alicyclic amines) is 1. The summed E-state index contributed by atoms with van der Waals surface area (Å²) in [6, 6.07) is 11.7. The van der Waals surface area contributed by atoms with Crippen molar-refractivity contribution in [3.63, 3.8) is 0 Å². The molecule has 0 saturated carbocycles. The van der Waals surface area contributed by atoms with Crippen molar-refractivity contribution in [1.82, 2.24) is 29.5 Å². The summed E-state index contributed by atoms with van der Waals surface area (Å²) < 4.78 is 1.82. The molecule has 0 spiro atoms. The Morgan fingerprint density at radius 3 is 2.83 bits per heavy atom. The van der Waals surface area contributed by atoms with Crippen LogP contribution in [-0.2, 0) is 0 Å². The molecule has 5 heterocycles. The standard InChI is InChI=1S/C23H22N6O/c1-16-6-8-20(25-12-16)23(30)28-11-3-5-19(14-28)22-26-21-9-7-18(15-29(21)27-22)17-4-2-10-24-13-17/h2,4,6-10,12-13,15,19H,3,5,11,14H2,1H3/t19-/m1/s1. The van der Waals surface area contributed by atoms with Crippen molar-refractivity contribution >= 4 is 11.6 Å². The van der Waals surface area contributed by atoms with E-state index in [1.807, 2.05) is 59.1 Å². The number of rotatable bonds is 3. The zero-order valence-corrected chi connectivity index (χ0v) is 16.8. The van der Waals surface area contributed by atoms with Crippen LogP contribution in [0.1, 0.15) is 40.6 Å². The average Bonchev–Trinajstić information content (AvgIpc) is 3.23. The smallest absolute Gasteiger partial charge is 0.272 e. The van der Waals surface area contributed by atoms with Gasteiger partial charge in [-0.15, -0.1) is 0 Å². The lowest BCUT2D eigenvalue weighted by molar-refractivity contribution is 0.0698. The van der Waals surface area contributed by atoms with Gasteiger partial charge in [-0.05, 0) is 49.6 Å². The second kappa shape index (κ2) is 7.67. The van der Waals surface area contributed by atoms with E-state index < -0.39 is 0 Å². The molecule has 1 fully saturated rings. The van der Waals surface area contributed by atoms with Crippen LogP contribution in [-0.4, -0.2) is 48.5 Å². The molecule has 0 N–H and O–H groups in total. The maximum Gasteiger partial charge on any atom is 0.272 e. The Labute approximate surface area is 174 Å². The highest BCUT2D eigenvalue weighted by atomic mass is 16.2. The average molecular weight is 398 g/mol. The van der Waals surface area contributed by atoms with E-state index in [9.17, 15) is 4.79 Å². The van der Waals surface area contributed by atoms with Gasteiger partial charge in [0.2, 0.25) is 0 Å². The lowest BCUT2D eigenvalue weighted by Gasteiger charge is -2.31. The van der Waals surface area contributed by atoms with Crippen LogP contribution in [0.2, 0.25) is 0 Å². The molecule has 0 radical (unpaired) electrons. The quantitative estimate of drug-likeness (QED) is 0.528. The van der Waals surface area contributed by atoms with Gasteiger partial charge >= 0.3 is 0 Å². The first-order valence-electron chi connectivity index (χ1n) is 10.2. The van der Waals surface area contributed by atoms with Crippen LogP contribution < -0.4 is 0 Å². The van der Waals surface area contributed by atoms with Crippen molar-refractivity contribution in [2.45, 2.75) is 25.7 Å². The summed E-state index contributed by atoms with van der Waals surface area (Å²) in [6.45, 7) is 3.32. The number of aromatic nitrogens is 5. The Hall–Kier alpha value is -3.61. The van der Waals surface area contributed by atoms with Gasteiger partial charge in [0.25, 0.3) is 5.91 Å². The second-order valence-electron chi connectivity index (χ2n) is 7.74. The van der Waals surface area contributed by atoms with E-state index in [0.717, 1.165) is 47.5 Å². The molecule has 1 saturated heterocycles. The summed E-state index contributed by atoms with van der Waals surface area (Å²) in [5.74, 6) is 0.880. The van der Waals surface area contributed by atoms with Crippen molar-refractivity contribution in [2.24, 2.45) is 0 Å².